The molecule has 1 amide bonds. The number of thioether (sulfide) groups is 1. The molecule has 2 aromatic rings. The van der Waals surface area contributed by atoms with Gasteiger partial charge in [0.25, 0.3) is 0 Å². The number of carbonyl (C=O) groups excluding carboxylic acids is 1. The lowest BCUT2D eigenvalue weighted by molar-refractivity contribution is -0.131. The minimum absolute atomic E-state index is 0.0937. The maximum absolute atomic E-state index is 12.2. The zero-order valence-corrected chi connectivity index (χ0v) is 11.8. The molecule has 2 aromatic heterocycles. The number of hydrogen-bond donors (Lipinski definition) is 0. The summed E-state index contributed by atoms with van der Waals surface area (Å²) in [5.41, 5.74) is 0. The van der Waals surface area contributed by atoms with E-state index in [1.807, 2.05) is 28.8 Å². The standard InChI is InChI=1S/C13H16N4O2S/c18-13(8-17-10-14-9-15-17)16-4-3-12(20-7-5-16)11-2-1-6-19-11/h1-2,6,9-10,12H,3-5,7-8H2. The van der Waals surface area contributed by atoms with Crippen molar-refractivity contribution in [2.75, 3.05) is 18.8 Å². The number of hydrogen-bond acceptors (Lipinski definition) is 5. The van der Waals surface area contributed by atoms with Gasteiger partial charge in [-0.1, -0.05) is 0 Å². The Hall–Kier alpha value is -1.76. The number of aromatic nitrogens is 3. The van der Waals surface area contributed by atoms with Gasteiger partial charge in [0.05, 0.1) is 11.5 Å². The quantitative estimate of drug-likeness (QED) is 0.859. The molecule has 0 saturated carbocycles. The second kappa shape index (κ2) is 6.13. The second-order valence-electron chi connectivity index (χ2n) is 4.64. The summed E-state index contributed by atoms with van der Waals surface area (Å²) in [5.74, 6) is 2.02. The van der Waals surface area contributed by atoms with Crippen LogP contribution < -0.4 is 0 Å². The third-order valence-corrected chi connectivity index (χ3v) is 4.61. The van der Waals surface area contributed by atoms with Crippen molar-refractivity contribution in [3.63, 3.8) is 0 Å². The molecule has 1 aliphatic rings. The summed E-state index contributed by atoms with van der Waals surface area (Å²) < 4.78 is 7.02. The van der Waals surface area contributed by atoms with Gasteiger partial charge in [0, 0.05) is 18.8 Å². The van der Waals surface area contributed by atoms with Gasteiger partial charge in [-0.2, -0.15) is 5.10 Å². The van der Waals surface area contributed by atoms with E-state index in [2.05, 4.69) is 10.1 Å². The molecule has 0 aliphatic carbocycles. The predicted octanol–water partition coefficient (Wildman–Crippen LogP) is 1.58. The van der Waals surface area contributed by atoms with Gasteiger partial charge in [0.1, 0.15) is 25.0 Å². The van der Waals surface area contributed by atoms with E-state index >= 15 is 0 Å². The van der Waals surface area contributed by atoms with E-state index in [0.29, 0.717) is 5.25 Å². The smallest absolute Gasteiger partial charge is 0.244 e. The predicted molar refractivity (Wildman–Crippen MR) is 75.1 cm³/mol. The number of nitrogens with zero attached hydrogens (tertiary/aromatic N) is 4. The van der Waals surface area contributed by atoms with Crippen LogP contribution in [0, 0.1) is 0 Å². The lowest BCUT2D eigenvalue weighted by Gasteiger charge is -2.19. The lowest BCUT2D eigenvalue weighted by atomic mass is 10.2. The molecule has 0 bridgehead atoms. The molecule has 6 nitrogen and oxygen atoms in total. The lowest BCUT2D eigenvalue weighted by Crippen LogP contribution is -2.35. The summed E-state index contributed by atoms with van der Waals surface area (Å²) in [4.78, 5) is 18.0. The second-order valence-corrected chi connectivity index (χ2v) is 5.95. The van der Waals surface area contributed by atoms with Gasteiger partial charge in [-0.25, -0.2) is 9.67 Å². The van der Waals surface area contributed by atoms with Crippen molar-refractivity contribution in [1.82, 2.24) is 19.7 Å². The third-order valence-electron chi connectivity index (χ3n) is 3.32. The Balaban J connectivity index is 1.58. The molecule has 0 spiro atoms. The summed E-state index contributed by atoms with van der Waals surface area (Å²) in [6, 6.07) is 3.92. The molecular weight excluding hydrogens is 276 g/mol. The van der Waals surface area contributed by atoms with Crippen molar-refractivity contribution >= 4 is 17.7 Å². The Kier molecular flexibility index (Phi) is 4.05. The van der Waals surface area contributed by atoms with Gasteiger partial charge in [0.15, 0.2) is 0 Å². The maximum Gasteiger partial charge on any atom is 0.244 e. The van der Waals surface area contributed by atoms with Crippen LogP contribution in [0.1, 0.15) is 17.4 Å². The first-order valence-corrected chi connectivity index (χ1v) is 7.63. The molecule has 0 N–H and O–H groups in total. The van der Waals surface area contributed by atoms with Crippen molar-refractivity contribution < 1.29 is 9.21 Å². The Bertz CT molecular complexity index is 541. The number of amides is 1. The fraction of sp³-hybridized carbons (Fsp3) is 0.462. The van der Waals surface area contributed by atoms with Crippen LogP contribution in [0.15, 0.2) is 35.5 Å². The zero-order valence-electron chi connectivity index (χ0n) is 11.0. The Morgan fingerprint density at radius 1 is 1.50 bits per heavy atom. The fourth-order valence-electron chi connectivity index (χ4n) is 2.27. The third kappa shape index (κ3) is 3.04. The Morgan fingerprint density at radius 2 is 2.45 bits per heavy atom. The highest BCUT2D eigenvalue weighted by molar-refractivity contribution is 7.99. The van der Waals surface area contributed by atoms with Crippen LogP contribution in [0.5, 0.6) is 0 Å². The summed E-state index contributed by atoms with van der Waals surface area (Å²) in [5, 5.41) is 4.31. The molecule has 1 aliphatic heterocycles. The van der Waals surface area contributed by atoms with E-state index in [9.17, 15) is 4.79 Å². The van der Waals surface area contributed by atoms with Crippen molar-refractivity contribution in [3.8, 4) is 0 Å². The molecule has 20 heavy (non-hydrogen) atoms. The van der Waals surface area contributed by atoms with E-state index in [4.69, 9.17) is 4.42 Å². The normalized spacial score (nSPS) is 19.8. The average molecular weight is 292 g/mol. The zero-order chi connectivity index (χ0) is 13.8. The van der Waals surface area contributed by atoms with Crippen LogP contribution in [-0.2, 0) is 11.3 Å². The molecule has 0 aromatic carbocycles. The summed E-state index contributed by atoms with van der Waals surface area (Å²) in [7, 11) is 0. The minimum atomic E-state index is 0.0937. The van der Waals surface area contributed by atoms with Crippen LogP contribution in [0.2, 0.25) is 0 Å². The molecule has 7 heteroatoms. The van der Waals surface area contributed by atoms with Crippen LogP contribution in [0.25, 0.3) is 0 Å². The van der Waals surface area contributed by atoms with Crippen LogP contribution in [-0.4, -0.2) is 44.4 Å². The maximum atomic E-state index is 12.2. The van der Waals surface area contributed by atoms with Gasteiger partial charge in [-0.05, 0) is 18.6 Å². The molecular formula is C13H16N4O2S. The molecule has 1 atom stereocenters. The first-order chi connectivity index (χ1) is 9.83. The highest BCUT2D eigenvalue weighted by Gasteiger charge is 2.23. The van der Waals surface area contributed by atoms with Crippen molar-refractivity contribution in [1.29, 1.82) is 0 Å². The molecule has 1 saturated heterocycles. The van der Waals surface area contributed by atoms with E-state index in [1.54, 1.807) is 17.3 Å². The largest absolute Gasteiger partial charge is 0.468 e. The first-order valence-electron chi connectivity index (χ1n) is 6.58. The monoisotopic (exact) mass is 292 g/mol. The van der Waals surface area contributed by atoms with E-state index in [-0.39, 0.29) is 12.5 Å². The summed E-state index contributed by atoms with van der Waals surface area (Å²) in [6.45, 7) is 1.79. The fourth-order valence-corrected chi connectivity index (χ4v) is 3.46. The van der Waals surface area contributed by atoms with Crippen molar-refractivity contribution in [2.45, 2.75) is 18.2 Å². The number of rotatable bonds is 3. The molecule has 106 valence electrons. The van der Waals surface area contributed by atoms with Gasteiger partial charge in [-0.15, -0.1) is 11.8 Å². The summed E-state index contributed by atoms with van der Waals surface area (Å²) in [6.07, 6.45) is 5.63. The molecule has 0 radical (unpaired) electrons. The van der Waals surface area contributed by atoms with Gasteiger partial charge in [0.2, 0.25) is 5.91 Å². The van der Waals surface area contributed by atoms with Gasteiger partial charge in [-0.3, -0.25) is 4.79 Å². The van der Waals surface area contributed by atoms with E-state index < -0.39 is 0 Å². The molecule has 3 rings (SSSR count). The SMILES string of the molecule is O=C(Cn1cncn1)N1CCSC(c2ccco2)CC1. The number of carbonyl (C=O) groups is 1. The van der Waals surface area contributed by atoms with Crippen LogP contribution in [0.3, 0.4) is 0 Å². The van der Waals surface area contributed by atoms with Crippen molar-refractivity contribution in [3.05, 3.63) is 36.8 Å². The Morgan fingerprint density at radius 3 is 3.20 bits per heavy atom. The van der Waals surface area contributed by atoms with Crippen molar-refractivity contribution in [2.24, 2.45) is 0 Å². The average Bonchev–Trinajstić information content (AvgIpc) is 3.09. The van der Waals surface area contributed by atoms with Crippen LogP contribution >= 0.6 is 11.8 Å². The highest BCUT2D eigenvalue weighted by atomic mass is 32.2. The van der Waals surface area contributed by atoms with Crippen LogP contribution in [0.4, 0.5) is 0 Å². The molecule has 3 heterocycles. The summed E-state index contributed by atoms with van der Waals surface area (Å²) >= 11 is 1.85. The minimum Gasteiger partial charge on any atom is -0.468 e. The topological polar surface area (TPSA) is 64.2 Å². The first kappa shape index (κ1) is 13.2. The van der Waals surface area contributed by atoms with E-state index in [1.165, 1.54) is 6.33 Å². The van der Waals surface area contributed by atoms with Gasteiger partial charge >= 0.3 is 0 Å². The Labute approximate surface area is 121 Å². The number of furan rings is 1. The highest BCUT2D eigenvalue weighted by Crippen LogP contribution is 2.34. The molecule has 1 unspecified atom stereocenters. The molecule has 1 fully saturated rings. The van der Waals surface area contributed by atoms with E-state index in [0.717, 1.165) is 31.0 Å². The van der Waals surface area contributed by atoms with Gasteiger partial charge < -0.3 is 9.32 Å².